The molecule has 25 heavy (non-hydrogen) atoms. The number of nitrogens with one attached hydrogen (secondary N) is 1. The minimum absolute atomic E-state index is 0.0119. The Morgan fingerprint density at radius 2 is 1.76 bits per heavy atom. The third kappa shape index (κ3) is 5.16. The fourth-order valence-electron chi connectivity index (χ4n) is 2.95. The molecule has 0 atom stereocenters. The Labute approximate surface area is 153 Å². The summed E-state index contributed by atoms with van der Waals surface area (Å²) in [6.07, 6.45) is 8.61. The van der Waals surface area contributed by atoms with E-state index in [1.165, 1.54) is 18.4 Å². The summed E-state index contributed by atoms with van der Waals surface area (Å²) in [5.74, 6) is 0.670. The van der Waals surface area contributed by atoms with Crippen molar-refractivity contribution >= 4 is 23.3 Å². The fourth-order valence-corrected chi connectivity index (χ4v) is 3.08. The summed E-state index contributed by atoms with van der Waals surface area (Å²) in [6, 6.07) is 7.80. The van der Waals surface area contributed by atoms with Crippen LogP contribution in [0.15, 0.2) is 36.7 Å². The number of amides is 1. The van der Waals surface area contributed by atoms with Crippen molar-refractivity contribution < 1.29 is 4.79 Å². The molecule has 1 N–H and O–H groups in total. The number of benzene rings is 1. The molecular formula is C19H23ClN4O. The predicted molar refractivity (Wildman–Crippen MR) is 100 cm³/mol. The molecule has 0 saturated carbocycles. The first-order chi connectivity index (χ1) is 12.2. The second-order valence-electron chi connectivity index (χ2n) is 6.30. The Kier molecular flexibility index (Phi) is 6.23. The summed E-state index contributed by atoms with van der Waals surface area (Å²) in [5, 5.41) is 3.97. The van der Waals surface area contributed by atoms with Gasteiger partial charge in [0.2, 0.25) is 0 Å². The molecule has 1 saturated heterocycles. The number of hydrogen-bond donors (Lipinski definition) is 1. The fraction of sp³-hybridized carbons (Fsp3) is 0.421. The molecule has 0 radical (unpaired) electrons. The number of rotatable bonds is 5. The van der Waals surface area contributed by atoms with E-state index in [-0.39, 0.29) is 5.91 Å². The van der Waals surface area contributed by atoms with Crippen LogP contribution in [0.4, 0.5) is 5.82 Å². The topological polar surface area (TPSA) is 58.1 Å². The van der Waals surface area contributed by atoms with Crippen LogP contribution in [0.1, 0.15) is 41.7 Å². The van der Waals surface area contributed by atoms with Gasteiger partial charge in [0.25, 0.3) is 5.91 Å². The Hall–Kier alpha value is -2.14. The third-order valence-electron chi connectivity index (χ3n) is 4.40. The largest absolute Gasteiger partial charge is 0.368 e. The summed E-state index contributed by atoms with van der Waals surface area (Å²) < 4.78 is 0. The molecule has 0 aliphatic carbocycles. The maximum Gasteiger partial charge on any atom is 0.274 e. The molecule has 2 heterocycles. The molecule has 1 aliphatic rings. The van der Waals surface area contributed by atoms with Gasteiger partial charge in [-0.1, -0.05) is 36.6 Å². The zero-order valence-electron chi connectivity index (χ0n) is 14.2. The van der Waals surface area contributed by atoms with Crippen molar-refractivity contribution in [3.63, 3.8) is 0 Å². The molecule has 0 spiro atoms. The van der Waals surface area contributed by atoms with Gasteiger partial charge in [0.1, 0.15) is 11.5 Å². The van der Waals surface area contributed by atoms with Crippen LogP contribution in [0.2, 0.25) is 5.02 Å². The number of hydrogen-bond acceptors (Lipinski definition) is 4. The van der Waals surface area contributed by atoms with Crippen molar-refractivity contribution in [3.05, 3.63) is 52.9 Å². The van der Waals surface area contributed by atoms with Crippen molar-refractivity contribution in [1.82, 2.24) is 14.9 Å². The number of aromatic nitrogens is 2. The lowest BCUT2D eigenvalue weighted by molar-refractivity contribution is 0.0755. The van der Waals surface area contributed by atoms with Gasteiger partial charge < -0.3 is 10.2 Å². The SMILES string of the molecule is O=C(c1cnc(NCCc2ccc(Cl)cc2)cn1)N1CCCCCC1. The molecule has 132 valence electrons. The summed E-state index contributed by atoms with van der Waals surface area (Å²) in [6.45, 7) is 2.39. The van der Waals surface area contributed by atoms with Gasteiger partial charge in [-0.2, -0.15) is 0 Å². The Bertz CT molecular complexity index is 680. The molecule has 1 fully saturated rings. The van der Waals surface area contributed by atoms with Gasteiger partial charge in [0, 0.05) is 24.7 Å². The van der Waals surface area contributed by atoms with Gasteiger partial charge >= 0.3 is 0 Å². The van der Waals surface area contributed by atoms with Crippen LogP contribution in [0.5, 0.6) is 0 Å². The highest BCUT2D eigenvalue weighted by molar-refractivity contribution is 6.30. The zero-order valence-corrected chi connectivity index (χ0v) is 15.0. The molecule has 3 rings (SSSR count). The highest BCUT2D eigenvalue weighted by Crippen LogP contribution is 2.13. The lowest BCUT2D eigenvalue weighted by Gasteiger charge is -2.19. The monoisotopic (exact) mass is 358 g/mol. The second kappa shape index (κ2) is 8.81. The molecule has 1 aromatic carbocycles. The van der Waals surface area contributed by atoms with E-state index in [1.807, 2.05) is 29.2 Å². The quantitative estimate of drug-likeness (QED) is 0.883. The standard InChI is InChI=1S/C19H23ClN4O/c20-16-7-5-15(6-8-16)9-10-21-18-14-22-17(13-23-18)19(25)24-11-3-1-2-4-12-24/h5-8,13-14H,1-4,9-12H2,(H,21,23). The van der Waals surface area contributed by atoms with Crippen LogP contribution < -0.4 is 5.32 Å². The van der Waals surface area contributed by atoms with E-state index in [0.29, 0.717) is 11.5 Å². The molecular weight excluding hydrogens is 336 g/mol. The van der Waals surface area contributed by atoms with Crippen molar-refractivity contribution in [2.75, 3.05) is 25.0 Å². The maximum absolute atomic E-state index is 12.5. The first kappa shape index (κ1) is 17.7. The number of halogens is 1. The summed E-state index contributed by atoms with van der Waals surface area (Å²) in [4.78, 5) is 23.0. The number of likely N-dealkylation sites (tertiary alicyclic amines) is 1. The van der Waals surface area contributed by atoms with Crippen molar-refractivity contribution in [2.24, 2.45) is 0 Å². The summed E-state index contributed by atoms with van der Waals surface area (Å²) in [7, 11) is 0. The first-order valence-electron chi connectivity index (χ1n) is 8.82. The molecule has 6 heteroatoms. The van der Waals surface area contributed by atoms with Crippen LogP contribution in [0.25, 0.3) is 0 Å². The van der Waals surface area contributed by atoms with Crippen LogP contribution in [-0.2, 0) is 6.42 Å². The molecule has 1 aromatic heterocycles. The van der Waals surface area contributed by atoms with Crippen molar-refractivity contribution in [1.29, 1.82) is 0 Å². The van der Waals surface area contributed by atoms with E-state index in [0.717, 1.165) is 43.9 Å². The van der Waals surface area contributed by atoms with E-state index >= 15 is 0 Å². The molecule has 0 unspecified atom stereocenters. The molecule has 1 amide bonds. The maximum atomic E-state index is 12.5. The summed E-state index contributed by atoms with van der Waals surface area (Å²) >= 11 is 5.88. The Morgan fingerprint density at radius 1 is 1.04 bits per heavy atom. The highest BCUT2D eigenvalue weighted by atomic mass is 35.5. The lowest BCUT2D eigenvalue weighted by Crippen LogP contribution is -2.32. The van der Waals surface area contributed by atoms with Crippen LogP contribution in [0, 0.1) is 0 Å². The van der Waals surface area contributed by atoms with Crippen LogP contribution in [-0.4, -0.2) is 40.4 Å². The second-order valence-corrected chi connectivity index (χ2v) is 6.73. The molecule has 0 bridgehead atoms. The average Bonchev–Trinajstić information content (AvgIpc) is 2.93. The summed E-state index contributed by atoms with van der Waals surface area (Å²) in [5.41, 5.74) is 1.63. The highest BCUT2D eigenvalue weighted by Gasteiger charge is 2.18. The zero-order chi connectivity index (χ0) is 17.5. The van der Waals surface area contributed by atoms with Crippen LogP contribution in [0.3, 0.4) is 0 Å². The number of carbonyl (C=O) groups excluding carboxylic acids is 1. The van der Waals surface area contributed by atoms with Gasteiger partial charge in [-0.3, -0.25) is 4.79 Å². The van der Waals surface area contributed by atoms with E-state index in [1.54, 1.807) is 12.4 Å². The van der Waals surface area contributed by atoms with Crippen molar-refractivity contribution in [3.8, 4) is 0 Å². The van der Waals surface area contributed by atoms with Gasteiger partial charge in [-0.05, 0) is 37.0 Å². The third-order valence-corrected chi connectivity index (χ3v) is 4.65. The molecule has 1 aliphatic heterocycles. The van der Waals surface area contributed by atoms with Gasteiger partial charge in [-0.15, -0.1) is 0 Å². The Morgan fingerprint density at radius 3 is 2.40 bits per heavy atom. The van der Waals surface area contributed by atoms with E-state index < -0.39 is 0 Å². The van der Waals surface area contributed by atoms with E-state index in [9.17, 15) is 4.79 Å². The van der Waals surface area contributed by atoms with Gasteiger partial charge in [0.15, 0.2) is 0 Å². The minimum Gasteiger partial charge on any atom is -0.368 e. The van der Waals surface area contributed by atoms with Gasteiger partial charge in [0.05, 0.1) is 12.4 Å². The van der Waals surface area contributed by atoms with Crippen LogP contribution >= 0.6 is 11.6 Å². The number of carbonyl (C=O) groups is 1. The normalized spacial score (nSPS) is 14.8. The molecule has 2 aromatic rings. The lowest BCUT2D eigenvalue weighted by atomic mass is 10.1. The average molecular weight is 359 g/mol. The van der Waals surface area contributed by atoms with Gasteiger partial charge in [-0.25, -0.2) is 9.97 Å². The molecule has 5 nitrogen and oxygen atoms in total. The van der Waals surface area contributed by atoms with Crippen molar-refractivity contribution in [2.45, 2.75) is 32.1 Å². The smallest absolute Gasteiger partial charge is 0.274 e. The number of nitrogens with zero attached hydrogens (tertiary/aromatic N) is 3. The van der Waals surface area contributed by atoms with E-state index in [4.69, 9.17) is 11.6 Å². The predicted octanol–water partition coefficient (Wildman–Crippen LogP) is 3.80. The minimum atomic E-state index is -0.0119. The first-order valence-corrected chi connectivity index (χ1v) is 9.20. The van der Waals surface area contributed by atoms with E-state index in [2.05, 4.69) is 15.3 Å². The Balaban J connectivity index is 1.51. The number of anilines is 1.